The van der Waals surface area contributed by atoms with Gasteiger partial charge < -0.3 is 15.3 Å². The second-order valence-corrected chi connectivity index (χ2v) is 5.05. The minimum absolute atomic E-state index is 0.132. The number of carbonyl (C=O) groups excluding carboxylic acids is 1. The van der Waals surface area contributed by atoms with Gasteiger partial charge in [0.15, 0.2) is 0 Å². The van der Waals surface area contributed by atoms with E-state index < -0.39 is 5.60 Å². The van der Waals surface area contributed by atoms with Gasteiger partial charge in [0.1, 0.15) is 0 Å². The average Bonchev–Trinajstić information content (AvgIpc) is 2.59. The van der Waals surface area contributed by atoms with E-state index in [1.807, 2.05) is 4.90 Å². The third-order valence-corrected chi connectivity index (χ3v) is 3.41. The smallest absolute Gasteiger partial charge is 0.227 e. The van der Waals surface area contributed by atoms with Crippen molar-refractivity contribution in [2.45, 2.75) is 31.8 Å². The number of amides is 1. The summed E-state index contributed by atoms with van der Waals surface area (Å²) in [5.41, 5.74) is -0.669. The lowest BCUT2D eigenvalue weighted by Crippen LogP contribution is -2.43. The van der Waals surface area contributed by atoms with Gasteiger partial charge in [0, 0.05) is 19.6 Å². The molecule has 86 valence electrons. The summed E-state index contributed by atoms with van der Waals surface area (Å²) in [4.78, 5) is 13.9. The van der Waals surface area contributed by atoms with Crippen LogP contribution >= 0.6 is 0 Å². The van der Waals surface area contributed by atoms with Gasteiger partial charge in [0.05, 0.1) is 11.5 Å². The topological polar surface area (TPSA) is 52.6 Å². The van der Waals surface area contributed by atoms with Crippen molar-refractivity contribution >= 4 is 5.91 Å². The first-order chi connectivity index (χ1) is 7.08. The fraction of sp³-hybridized carbons (Fsp3) is 0.909. The molecule has 0 aliphatic carbocycles. The number of rotatable bonds is 1. The molecule has 0 aromatic rings. The number of hydrogen-bond acceptors (Lipinski definition) is 3. The van der Waals surface area contributed by atoms with E-state index in [0.717, 1.165) is 25.9 Å². The van der Waals surface area contributed by atoms with Gasteiger partial charge >= 0.3 is 0 Å². The summed E-state index contributed by atoms with van der Waals surface area (Å²) in [7, 11) is 0. The van der Waals surface area contributed by atoms with Crippen LogP contribution in [0.5, 0.6) is 0 Å². The van der Waals surface area contributed by atoms with Crippen molar-refractivity contribution < 1.29 is 9.90 Å². The van der Waals surface area contributed by atoms with Crippen LogP contribution in [-0.2, 0) is 4.79 Å². The number of carbonyl (C=O) groups is 1. The quantitative estimate of drug-likeness (QED) is 0.642. The molecule has 15 heavy (non-hydrogen) atoms. The van der Waals surface area contributed by atoms with Crippen LogP contribution in [0.15, 0.2) is 0 Å². The largest absolute Gasteiger partial charge is 0.388 e. The number of likely N-dealkylation sites (tertiary alicyclic amines) is 1. The van der Waals surface area contributed by atoms with Crippen LogP contribution in [0.2, 0.25) is 0 Å². The number of nitrogens with one attached hydrogen (secondary N) is 1. The maximum Gasteiger partial charge on any atom is 0.227 e. The van der Waals surface area contributed by atoms with Crippen LogP contribution in [0, 0.1) is 5.92 Å². The highest BCUT2D eigenvalue weighted by Gasteiger charge is 2.36. The molecule has 1 amide bonds. The second kappa shape index (κ2) is 4.10. The Morgan fingerprint density at radius 1 is 1.60 bits per heavy atom. The molecule has 2 N–H and O–H groups in total. The highest BCUT2D eigenvalue weighted by Crippen LogP contribution is 2.23. The maximum absolute atomic E-state index is 12.1. The van der Waals surface area contributed by atoms with Crippen molar-refractivity contribution in [2.75, 3.05) is 26.2 Å². The minimum atomic E-state index is -0.669. The van der Waals surface area contributed by atoms with E-state index in [2.05, 4.69) is 5.32 Å². The number of hydrogen-bond donors (Lipinski definition) is 2. The zero-order valence-electron chi connectivity index (χ0n) is 9.33. The molecule has 0 radical (unpaired) electrons. The normalized spacial score (nSPS) is 36.9. The monoisotopic (exact) mass is 212 g/mol. The lowest BCUT2D eigenvalue weighted by atomic mass is 9.98. The first-order valence-electron chi connectivity index (χ1n) is 5.80. The van der Waals surface area contributed by atoms with Crippen LogP contribution in [0.4, 0.5) is 0 Å². The molecule has 2 heterocycles. The lowest BCUT2D eigenvalue weighted by molar-refractivity contribution is -0.135. The van der Waals surface area contributed by atoms with Crippen LogP contribution in [0.3, 0.4) is 0 Å². The van der Waals surface area contributed by atoms with Gasteiger partial charge in [-0.3, -0.25) is 4.79 Å². The summed E-state index contributed by atoms with van der Waals surface area (Å²) in [5, 5.41) is 13.1. The summed E-state index contributed by atoms with van der Waals surface area (Å²) < 4.78 is 0. The van der Waals surface area contributed by atoms with E-state index in [-0.39, 0.29) is 11.8 Å². The molecule has 2 saturated heterocycles. The Labute approximate surface area is 90.6 Å². The average molecular weight is 212 g/mol. The Hall–Kier alpha value is -0.610. The molecule has 0 spiro atoms. The second-order valence-electron chi connectivity index (χ2n) is 5.05. The predicted octanol–water partition coefficient (Wildman–Crippen LogP) is -0.0307. The third kappa shape index (κ3) is 2.49. The molecule has 2 atom stereocenters. The molecule has 0 aromatic carbocycles. The number of β-amino-alcohol motifs (C(OH)–C–C–N with tert-alkyl or cyclic N) is 1. The molecule has 4 nitrogen and oxygen atoms in total. The first kappa shape index (κ1) is 10.9. The van der Waals surface area contributed by atoms with Gasteiger partial charge in [-0.05, 0) is 32.7 Å². The van der Waals surface area contributed by atoms with Crippen molar-refractivity contribution in [1.29, 1.82) is 0 Å². The molecular formula is C11H20N2O2. The van der Waals surface area contributed by atoms with Crippen molar-refractivity contribution in [3.05, 3.63) is 0 Å². The Bertz CT molecular complexity index is 247. The number of piperidine rings is 1. The molecule has 2 aliphatic heterocycles. The Kier molecular flexibility index (Phi) is 2.98. The first-order valence-corrected chi connectivity index (χ1v) is 5.80. The SMILES string of the molecule is CC1(O)CCN(C(=O)C2CCCNC2)C1. The molecule has 0 bridgehead atoms. The van der Waals surface area contributed by atoms with Crippen LogP contribution in [0.25, 0.3) is 0 Å². The summed E-state index contributed by atoms with van der Waals surface area (Å²) in [6.07, 6.45) is 2.78. The summed E-state index contributed by atoms with van der Waals surface area (Å²) in [6.45, 7) is 4.85. The molecule has 4 heteroatoms. The van der Waals surface area contributed by atoms with Crippen molar-refractivity contribution in [2.24, 2.45) is 5.92 Å². The van der Waals surface area contributed by atoms with E-state index in [0.29, 0.717) is 19.5 Å². The van der Waals surface area contributed by atoms with Crippen LogP contribution in [0.1, 0.15) is 26.2 Å². The molecule has 2 aliphatic rings. The Morgan fingerprint density at radius 2 is 2.40 bits per heavy atom. The summed E-state index contributed by atoms with van der Waals surface area (Å²) >= 11 is 0. The molecule has 0 saturated carbocycles. The lowest BCUT2D eigenvalue weighted by Gasteiger charge is -2.27. The minimum Gasteiger partial charge on any atom is -0.388 e. The van der Waals surface area contributed by atoms with E-state index in [1.54, 1.807) is 6.92 Å². The van der Waals surface area contributed by atoms with E-state index in [9.17, 15) is 9.90 Å². The van der Waals surface area contributed by atoms with Gasteiger partial charge in [-0.15, -0.1) is 0 Å². The Balaban J connectivity index is 1.90. The fourth-order valence-electron chi connectivity index (χ4n) is 2.45. The van der Waals surface area contributed by atoms with Gasteiger partial charge in [-0.25, -0.2) is 0 Å². The van der Waals surface area contributed by atoms with Gasteiger partial charge in [0.2, 0.25) is 5.91 Å². The Morgan fingerprint density at radius 3 is 2.93 bits per heavy atom. The number of aliphatic hydroxyl groups is 1. The van der Waals surface area contributed by atoms with E-state index in [4.69, 9.17) is 0 Å². The van der Waals surface area contributed by atoms with E-state index in [1.165, 1.54) is 0 Å². The molecule has 2 fully saturated rings. The van der Waals surface area contributed by atoms with Crippen molar-refractivity contribution in [3.63, 3.8) is 0 Å². The molecule has 0 aromatic heterocycles. The highest BCUT2D eigenvalue weighted by atomic mass is 16.3. The third-order valence-electron chi connectivity index (χ3n) is 3.41. The van der Waals surface area contributed by atoms with Gasteiger partial charge in [-0.1, -0.05) is 0 Å². The van der Waals surface area contributed by atoms with E-state index >= 15 is 0 Å². The van der Waals surface area contributed by atoms with Gasteiger partial charge in [-0.2, -0.15) is 0 Å². The standard InChI is InChI=1S/C11H20N2O2/c1-11(15)4-6-13(8-11)10(14)9-3-2-5-12-7-9/h9,12,15H,2-8H2,1H3. The van der Waals surface area contributed by atoms with Crippen molar-refractivity contribution in [3.8, 4) is 0 Å². The summed E-state index contributed by atoms with van der Waals surface area (Å²) in [6, 6.07) is 0. The highest BCUT2D eigenvalue weighted by molar-refractivity contribution is 5.79. The maximum atomic E-state index is 12.1. The zero-order valence-corrected chi connectivity index (χ0v) is 9.33. The number of nitrogens with zero attached hydrogens (tertiary/aromatic N) is 1. The molecule has 2 rings (SSSR count). The predicted molar refractivity (Wildman–Crippen MR) is 57.4 cm³/mol. The van der Waals surface area contributed by atoms with Crippen molar-refractivity contribution in [1.82, 2.24) is 10.2 Å². The fourth-order valence-corrected chi connectivity index (χ4v) is 2.45. The van der Waals surface area contributed by atoms with Crippen LogP contribution in [-0.4, -0.2) is 47.7 Å². The molecular weight excluding hydrogens is 192 g/mol. The zero-order chi connectivity index (χ0) is 10.9. The van der Waals surface area contributed by atoms with Gasteiger partial charge in [0.25, 0.3) is 0 Å². The van der Waals surface area contributed by atoms with Crippen LogP contribution < -0.4 is 5.32 Å². The summed E-state index contributed by atoms with van der Waals surface area (Å²) in [5.74, 6) is 0.354. The molecule has 2 unspecified atom stereocenters.